The molecule has 0 fully saturated rings. The van der Waals surface area contributed by atoms with Crippen molar-refractivity contribution in [1.82, 2.24) is 14.8 Å². The van der Waals surface area contributed by atoms with E-state index in [1.165, 1.54) is 5.56 Å². The zero-order valence-corrected chi connectivity index (χ0v) is 10.6. The molecule has 0 radical (unpaired) electrons. The molecule has 0 saturated heterocycles. The van der Waals surface area contributed by atoms with Gasteiger partial charge >= 0.3 is 0 Å². The van der Waals surface area contributed by atoms with Crippen LogP contribution in [0.3, 0.4) is 0 Å². The lowest BCUT2D eigenvalue weighted by Crippen LogP contribution is -2.10. The molecule has 4 heteroatoms. The minimum atomic E-state index is -0.108. The largest absolute Gasteiger partial charge is 0.483 e. The van der Waals surface area contributed by atoms with Crippen molar-refractivity contribution in [3.05, 3.63) is 41.5 Å². The number of aryl methyl sites for hydroxylation is 2. The highest BCUT2D eigenvalue weighted by molar-refractivity contribution is 5.27. The fraction of sp³-hybridized carbons (Fsp3) is 0.385. The Bertz CT molecular complexity index is 519. The molecule has 90 valence electrons. The number of hydrogen-bond acceptors (Lipinski definition) is 3. The number of hydrogen-bond donors (Lipinski definition) is 0. The van der Waals surface area contributed by atoms with E-state index in [1.54, 1.807) is 0 Å². The van der Waals surface area contributed by atoms with Gasteiger partial charge in [-0.1, -0.05) is 12.1 Å². The van der Waals surface area contributed by atoms with E-state index in [1.807, 2.05) is 56.7 Å². The summed E-state index contributed by atoms with van der Waals surface area (Å²) >= 11 is 0. The van der Waals surface area contributed by atoms with Gasteiger partial charge in [0, 0.05) is 7.05 Å². The Morgan fingerprint density at radius 1 is 1.24 bits per heavy atom. The Morgan fingerprint density at radius 3 is 2.59 bits per heavy atom. The predicted octanol–water partition coefficient (Wildman–Crippen LogP) is 2.57. The average molecular weight is 231 g/mol. The van der Waals surface area contributed by atoms with Gasteiger partial charge in [-0.3, -0.25) is 0 Å². The van der Waals surface area contributed by atoms with Gasteiger partial charge in [0.15, 0.2) is 11.9 Å². The van der Waals surface area contributed by atoms with E-state index in [0.29, 0.717) is 0 Å². The highest BCUT2D eigenvalue weighted by Gasteiger charge is 2.14. The van der Waals surface area contributed by atoms with Crippen molar-refractivity contribution in [3.63, 3.8) is 0 Å². The molecule has 2 aromatic rings. The minimum Gasteiger partial charge on any atom is -0.483 e. The standard InChI is InChI=1S/C13H17N3O/c1-9-6-5-7-12(8-9)17-10(2)13-15-14-11(3)16(13)4/h5-8,10H,1-4H3/t10-/m1/s1. The number of benzene rings is 1. The highest BCUT2D eigenvalue weighted by Crippen LogP contribution is 2.21. The molecule has 0 saturated carbocycles. The molecular formula is C13H17N3O. The van der Waals surface area contributed by atoms with Gasteiger partial charge in [0.1, 0.15) is 11.6 Å². The molecule has 1 heterocycles. The van der Waals surface area contributed by atoms with Gasteiger partial charge in [-0.2, -0.15) is 0 Å². The second kappa shape index (κ2) is 4.57. The van der Waals surface area contributed by atoms with E-state index in [2.05, 4.69) is 10.2 Å². The first-order valence-corrected chi connectivity index (χ1v) is 5.67. The zero-order valence-electron chi connectivity index (χ0n) is 10.6. The summed E-state index contributed by atoms with van der Waals surface area (Å²) in [5.74, 6) is 2.59. The summed E-state index contributed by atoms with van der Waals surface area (Å²) in [4.78, 5) is 0. The zero-order chi connectivity index (χ0) is 12.4. The second-order valence-corrected chi connectivity index (χ2v) is 4.24. The van der Waals surface area contributed by atoms with Gasteiger partial charge in [-0.05, 0) is 38.5 Å². The molecule has 0 bridgehead atoms. The molecule has 1 aromatic carbocycles. The Balaban J connectivity index is 2.17. The summed E-state index contributed by atoms with van der Waals surface area (Å²) in [5.41, 5.74) is 1.18. The van der Waals surface area contributed by atoms with Crippen LogP contribution in [-0.4, -0.2) is 14.8 Å². The lowest BCUT2D eigenvalue weighted by atomic mass is 10.2. The maximum Gasteiger partial charge on any atom is 0.173 e. The third kappa shape index (κ3) is 2.46. The lowest BCUT2D eigenvalue weighted by Gasteiger charge is -2.14. The molecule has 0 aliphatic rings. The summed E-state index contributed by atoms with van der Waals surface area (Å²) in [6, 6.07) is 8.00. The van der Waals surface area contributed by atoms with E-state index in [0.717, 1.165) is 17.4 Å². The molecule has 0 aliphatic heterocycles. The fourth-order valence-corrected chi connectivity index (χ4v) is 1.72. The van der Waals surface area contributed by atoms with Crippen LogP contribution in [0.4, 0.5) is 0 Å². The summed E-state index contributed by atoms with van der Waals surface area (Å²) in [5, 5.41) is 8.15. The van der Waals surface area contributed by atoms with E-state index in [9.17, 15) is 0 Å². The quantitative estimate of drug-likeness (QED) is 0.815. The van der Waals surface area contributed by atoms with E-state index < -0.39 is 0 Å². The van der Waals surface area contributed by atoms with E-state index in [-0.39, 0.29) is 6.10 Å². The normalized spacial score (nSPS) is 12.5. The van der Waals surface area contributed by atoms with Crippen LogP contribution in [0.1, 0.15) is 30.2 Å². The first kappa shape index (κ1) is 11.6. The van der Waals surface area contributed by atoms with Crippen molar-refractivity contribution in [3.8, 4) is 5.75 Å². The molecule has 17 heavy (non-hydrogen) atoms. The molecule has 0 unspecified atom stereocenters. The van der Waals surface area contributed by atoms with Gasteiger partial charge in [0.25, 0.3) is 0 Å². The first-order valence-electron chi connectivity index (χ1n) is 5.67. The monoisotopic (exact) mass is 231 g/mol. The lowest BCUT2D eigenvalue weighted by molar-refractivity contribution is 0.212. The van der Waals surface area contributed by atoms with Gasteiger partial charge in [-0.25, -0.2) is 0 Å². The van der Waals surface area contributed by atoms with E-state index >= 15 is 0 Å². The fourth-order valence-electron chi connectivity index (χ4n) is 1.72. The SMILES string of the molecule is Cc1cccc(O[C@H](C)c2nnc(C)n2C)c1. The number of aromatic nitrogens is 3. The van der Waals surface area contributed by atoms with Crippen molar-refractivity contribution in [2.75, 3.05) is 0 Å². The summed E-state index contributed by atoms with van der Waals surface area (Å²) < 4.78 is 7.80. The van der Waals surface area contributed by atoms with Gasteiger partial charge in [0.2, 0.25) is 0 Å². The average Bonchev–Trinajstić information content (AvgIpc) is 2.60. The van der Waals surface area contributed by atoms with Gasteiger partial charge < -0.3 is 9.30 Å². The van der Waals surface area contributed by atoms with E-state index in [4.69, 9.17) is 4.74 Å². The third-order valence-electron chi connectivity index (χ3n) is 2.79. The predicted molar refractivity (Wildman–Crippen MR) is 66.0 cm³/mol. The summed E-state index contributed by atoms with van der Waals surface area (Å²) in [6.07, 6.45) is -0.108. The van der Waals surface area contributed by atoms with Crippen molar-refractivity contribution in [1.29, 1.82) is 0 Å². The molecule has 0 aliphatic carbocycles. The maximum atomic E-state index is 5.85. The van der Waals surface area contributed by atoms with Crippen LogP contribution < -0.4 is 4.74 Å². The van der Waals surface area contributed by atoms with Gasteiger partial charge in [0.05, 0.1) is 0 Å². The second-order valence-electron chi connectivity index (χ2n) is 4.24. The van der Waals surface area contributed by atoms with Crippen LogP contribution >= 0.6 is 0 Å². The molecule has 1 aromatic heterocycles. The molecule has 2 rings (SSSR count). The van der Waals surface area contributed by atoms with Crippen LogP contribution in [0.5, 0.6) is 5.75 Å². The Morgan fingerprint density at radius 2 is 2.00 bits per heavy atom. The van der Waals surface area contributed by atoms with Crippen LogP contribution in [-0.2, 0) is 7.05 Å². The number of ether oxygens (including phenoxy) is 1. The third-order valence-corrected chi connectivity index (χ3v) is 2.79. The van der Waals surface area contributed by atoms with Crippen LogP contribution in [0.15, 0.2) is 24.3 Å². The van der Waals surface area contributed by atoms with Crippen LogP contribution in [0.2, 0.25) is 0 Å². The van der Waals surface area contributed by atoms with Gasteiger partial charge in [-0.15, -0.1) is 10.2 Å². The minimum absolute atomic E-state index is 0.108. The summed E-state index contributed by atoms with van der Waals surface area (Å²) in [7, 11) is 1.95. The van der Waals surface area contributed by atoms with Crippen LogP contribution in [0.25, 0.3) is 0 Å². The van der Waals surface area contributed by atoms with Crippen LogP contribution in [0, 0.1) is 13.8 Å². The number of rotatable bonds is 3. The van der Waals surface area contributed by atoms with Crippen molar-refractivity contribution in [2.45, 2.75) is 26.9 Å². The van der Waals surface area contributed by atoms with Crippen molar-refractivity contribution in [2.24, 2.45) is 7.05 Å². The molecule has 1 atom stereocenters. The van der Waals surface area contributed by atoms with Crippen molar-refractivity contribution >= 4 is 0 Å². The number of nitrogens with zero attached hydrogens (tertiary/aromatic N) is 3. The Kier molecular flexibility index (Phi) is 3.13. The molecular weight excluding hydrogens is 214 g/mol. The first-order chi connectivity index (χ1) is 8.08. The maximum absolute atomic E-state index is 5.85. The molecule has 0 amide bonds. The van der Waals surface area contributed by atoms with Crippen molar-refractivity contribution < 1.29 is 4.74 Å². The Hall–Kier alpha value is -1.84. The molecule has 0 spiro atoms. The molecule has 4 nitrogen and oxygen atoms in total. The Labute approximate surface area is 101 Å². The summed E-state index contributed by atoms with van der Waals surface area (Å²) in [6.45, 7) is 5.95. The molecule has 0 N–H and O–H groups in total. The smallest absolute Gasteiger partial charge is 0.173 e. The highest BCUT2D eigenvalue weighted by atomic mass is 16.5. The topological polar surface area (TPSA) is 39.9 Å².